The van der Waals surface area contributed by atoms with Crippen LogP contribution in [0.3, 0.4) is 0 Å². The van der Waals surface area contributed by atoms with Crippen LogP contribution in [0.2, 0.25) is 0 Å². The maximum absolute atomic E-state index is 13.6. The molecule has 29 nitrogen and oxygen atoms in total. The SMILES string of the molecule is C.CC(C)C.COCCCNC(=O)CCCC(=O)NC(COCCC(=O)NCCCO[C@@H]1OC(CO)[C@H](O)[C@H](O)C1C)(COCCC(=O)NCCCO[C@@H]1OC(CO)[C@H](O)[C@H](O)C1C)COCCC(=O)NCCCO[C@@H]1OC(CO)[C@H](O)[C@H](O)C1C. The lowest BCUT2D eigenvalue weighted by Gasteiger charge is -2.40. The first kappa shape index (κ1) is 80.6. The van der Waals surface area contributed by atoms with E-state index in [9.17, 15) is 69.9 Å². The fourth-order valence-corrected chi connectivity index (χ4v) is 8.83. The summed E-state index contributed by atoms with van der Waals surface area (Å²) < 4.78 is 56.9. The summed E-state index contributed by atoms with van der Waals surface area (Å²) >= 11 is 0. The van der Waals surface area contributed by atoms with Gasteiger partial charge >= 0.3 is 0 Å². The van der Waals surface area contributed by atoms with Gasteiger partial charge < -0.3 is 120 Å². The molecule has 3 aliphatic heterocycles. The van der Waals surface area contributed by atoms with Crippen LogP contribution >= 0.6 is 0 Å². The second kappa shape index (κ2) is 45.8. The minimum Gasteiger partial charge on any atom is -0.394 e. The third kappa shape index (κ3) is 31.4. The summed E-state index contributed by atoms with van der Waals surface area (Å²) in [6, 6.07) is 0. The summed E-state index contributed by atoms with van der Waals surface area (Å²) in [7, 11) is 1.56. The van der Waals surface area contributed by atoms with Gasteiger partial charge in [0.05, 0.1) is 97.6 Å². The zero-order chi connectivity index (χ0) is 63.3. The zero-order valence-corrected chi connectivity index (χ0v) is 51.0. The summed E-state index contributed by atoms with van der Waals surface area (Å²) in [5, 5.41) is 104. The first-order valence-electron chi connectivity index (χ1n) is 29.9. The summed E-state index contributed by atoms with van der Waals surface area (Å²) in [6.07, 6.45) is -11.4. The molecule has 3 rings (SSSR count). The topological polar surface area (TPSA) is 420 Å². The van der Waals surface area contributed by atoms with Gasteiger partial charge in [-0.1, -0.05) is 49.0 Å². The lowest BCUT2D eigenvalue weighted by molar-refractivity contribution is -0.282. The van der Waals surface area contributed by atoms with Crippen molar-refractivity contribution in [3.63, 3.8) is 0 Å². The van der Waals surface area contributed by atoms with Crippen LogP contribution in [0.25, 0.3) is 0 Å². The van der Waals surface area contributed by atoms with Crippen LogP contribution in [-0.4, -0.2) is 274 Å². The first-order chi connectivity index (χ1) is 40.5. The highest BCUT2D eigenvalue weighted by Gasteiger charge is 2.45. The van der Waals surface area contributed by atoms with E-state index < -0.39 is 123 Å². The average molecular weight is 1250 g/mol. The molecule has 506 valence electrons. The molecule has 0 bridgehead atoms. The average Bonchev–Trinajstić information content (AvgIpc) is 1.98. The van der Waals surface area contributed by atoms with Gasteiger partial charge in [-0.15, -0.1) is 0 Å². The van der Waals surface area contributed by atoms with Crippen LogP contribution in [-0.2, 0) is 71.3 Å². The molecule has 0 aliphatic carbocycles. The number of carbonyl (C=O) groups excluding carboxylic acids is 5. The van der Waals surface area contributed by atoms with Gasteiger partial charge in [0, 0.05) is 89.8 Å². The summed E-state index contributed by atoms with van der Waals surface area (Å²) in [5.41, 5.74) is -1.44. The maximum Gasteiger partial charge on any atom is 0.222 e. The Morgan fingerprint density at radius 3 is 1.00 bits per heavy atom. The molecule has 3 saturated heterocycles. The summed E-state index contributed by atoms with van der Waals surface area (Å²) in [5.74, 6) is -2.75. The van der Waals surface area contributed by atoms with Crippen molar-refractivity contribution in [1.82, 2.24) is 26.6 Å². The summed E-state index contributed by atoms with van der Waals surface area (Å²) in [4.78, 5) is 64.7. The molecule has 86 heavy (non-hydrogen) atoms. The minimum absolute atomic E-state index is 0. The first-order valence-corrected chi connectivity index (χ1v) is 29.9. The molecule has 14 N–H and O–H groups in total. The van der Waals surface area contributed by atoms with Gasteiger partial charge in [-0.05, 0) is 38.0 Å². The molecule has 0 radical (unpaired) electrons. The van der Waals surface area contributed by atoms with E-state index in [4.69, 9.17) is 47.4 Å². The second-order valence-corrected chi connectivity index (χ2v) is 22.4. The Hall–Kier alpha value is -3.41. The summed E-state index contributed by atoms with van der Waals surface area (Å²) in [6.45, 7) is 10.6. The predicted octanol–water partition coefficient (Wildman–Crippen LogP) is -2.52. The number of carbonyl (C=O) groups is 5. The van der Waals surface area contributed by atoms with Gasteiger partial charge in [-0.2, -0.15) is 0 Å². The highest BCUT2D eigenvalue weighted by atomic mass is 16.7. The van der Waals surface area contributed by atoms with E-state index in [1.54, 1.807) is 27.9 Å². The molecule has 0 aromatic carbocycles. The lowest BCUT2D eigenvalue weighted by Crippen LogP contribution is -2.58. The minimum atomic E-state index is -1.44. The number of hydrogen-bond donors (Lipinski definition) is 14. The van der Waals surface area contributed by atoms with Crippen LogP contribution < -0.4 is 26.6 Å². The Morgan fingerprint density at radius 1 is 0.430 bits per heavy atom. The van der Waals surface area contributed by atoms with E-state index in [0.717, 1.165) is 5.92 Å². The van der Waals surface area contributed by atoms with E-state index in [-0.39, 0.29) is 149 Å². The van der Waals surface area contributed by atoms with Crippen molar-refractivity contribution in [2.24, 2.45) is 23.7 Å². The van der Waals surface area contributed by atoms with E-state index in [1.165, 1.54) is 0 Å². The number of hydrogen-bond acceptors (Lipinski definition) is 24. The number of nitrogens with one attached hydrogen (secondary N) is 5. The molecular weight excluding hydrogens is 1140 g/mol. The number of ether oxygens (including phenoxy) is 10. The molecule has 0 aromatic rings. The molecule has 29 heteroatoms. The second-order valence-electron chi connectivity index (χ2n) is 22.4. The van der Waals surface area contributed by atoms with Crippen molar-refractivity contribution in [3.8, 4) is 0 Å². The number of amides is 5. The molecule has 0 aromatic heterocycles. The zero-order valence-electron chi connectivity index (χ0n) is 51.0. The highest BCUT2D eigenvalue weighted by Crippen LogP contribution is 2.29. The third-order valence-electron chi connectivity index (χ3n) is 14.0. The number of rotatable bonds is 42. The molecule has 3 heterocycles. The molecule has 0 spiro atoms. The van der Waals surface area contributed by atoms with Crippen molar-refractivity contribution < 1.29 is 117 Å². The highest BCUT2D eigenvalue weighted by molar-refractivity contribution is 5.79. The largest absolute Gasteiger partial charge is 0.394 e. The van der Waals surface area contributed by atoms with Crippen molar-refractivity contribution in [2.75, 3.05) is 119 Å². The van der Waals surface area contributed by atoms with Gasteiger partial charge in [-0.25, -0.2) is 0 Å². The fraction of sp³-hybridized carbons (Fsp3) is 0.912. The Labute approximate surface area is 507 Å². The van der Waals surface area contributed by atoms with E-state index >= 15 is 0 Å². The van der Waals surface area contributed by atoms with Crippen LogP contribution in [0, 0.1) is 23.7 Å². The molecule has 3 aliphatic rings. The fourth-order valence-electron chi connectivity index (χ4n) is 8.83. The quantitative estimate of drug-likeness (QED) is 0.0280. The molecule has 15 atom stereocenters. The lowest BCUT2D eigenvalue weighted by atomic mass is 9.92. The monoisotopic (exact) mass is 1250 g/mol. The predicted molar refractivity (Wildman–Crippen MR) is 309 cm³/mol. The Kier molecular flexibility index (Phi) is 42.9. The number of methoxy groups -OCH3 is 1. The van der Waals surface area contributed by atoms with Gasteiger partial charge in [0.1, 0.15) is 42.2 Å². The third-order valence-corrected chi connectivity index (χ3v) is 14.0. The molecular formula is C57H109N5O24. The standard InChI is InChI=1S/C52H95N5O24.C4H10.CH4/c1-32-43(66)46(69)35(26-58)79-49(32)76-20-7-16-54-39(62)12-23-73-29-52(57-42(65)11-5-10-38(61)53-15-6-19-72-4,30-74-24-13-40(63)55-17-8-21-77-50-33(2)44(67)47(70)36(27-59)80-50)31-75-25-14-41(64)56-18-9-22-78-51-34(3)45(68)48(71)37(28-60)81-51;1-4(2)3;/h32-37,43-51,58-60,66-71H,5-31H2,1-4H3,(H,53,61)(H,54,62)(H,55,63)(H,56,64)(H,57,65);4H,1-3H3;1H4/t32?,33?,34?,35?,36?,37?,43-,44-,45-,46+,47+,48+,49-,50-,51-,52?;;/m1../s1. The Balaban J connectivity index is 0.00000715. The molecule has 0 saturated carbocycles. The van der Waals surface area contributed by atoms with Crippen LogP contribution in [0.1, 0.15) is 113 Å². The molecule has 5 amide bonds. The normalized spacial score (nSPS) is 28.0. The van der Waals surface area contributed by atoms with Crippen LogP contribution in [0.5, 0.6) is 0 Å². The van der Waals surface area contributed by atoms with Gasteiger partial charge in [-0.3, -0.25) is 24.0 Å². The number of aliphatic hydroxyl groups excluding tert-OH is 9. The van der Waals surface area contributed by atoms with Gasteiger partial charge in [0.25, 0.3) is 0 Å². The van der Waals surface area contributed by atoms with Crippen LogP contribution in [0.4, 0.5) is 0 Å². The van der Waals surface area contributed by atoms with Gasteiger partial charge in [0.15, 0.2) is 18.9 Å². The van der Waals surface area contributed by atoms with E-state index in [2.05, 4.69) is 47.4 Å². The Bertz CT molecular complexity index is 1660. The van der Waals surface area contributed by atoms with Crippen molar-refractivity contribution in [1.29, 1.82) is 0 Å². The maximum atomic E-state index is 13.6. The van der Waals surface area contributed by atoms with Crippen molar-refractivity contribution in [3.05, 3.63) is 0 Å². The Morgan fingerprint density at radius 2 is 0.709 bits per heavy atom. The van der Waals surface area contributed by atoms with Crippen LogP contribution in [0.15, 0.2) is 0 Å². The van der Waals surface area contributed by atoms with Crippen molar-refractivity contribution in [2.45, 2.75) is 193 Å². The number of aliphatic hydroxyl groups is 9. The van der Waals surface area contributed by atoms with E-state index in [0.29, 0.717) is 38.8 Å². The van der Waals surface area contributed by atoms with Gasteiger partial charge in [0.2, 0.25) is 29.5 Å². The molecule has 3 fully saturated rings. The van der Waals surface area contributed by atoms with E-state index in [1.807, 2.05) is 0 Å². The van der Waals surface area contributed by atoms with Crippen molar-refractivity contribution >= 4 is 29.5 Å². The smallest absolute Gasteiger partial charge is 0.222 e. The molecule has 6 unspecified atom stereocenters.